The molecule has 2 heterocycles. The van der Waals surface area contributed by atoms with E-state index in [1.54, 1.807) is 11.3 Å². The second-order valence-corrected chi connectivity index (χ2v) is 7.48. The Morgan fingerprint density at radius 3 is 2.71 bits per heavy atom. The third kappa shape index (κ3) is 3.16. The molecular weight excluding hydrogens is 280 g/mol. The Morgan fingerprint density at radius 1 is 1.33 bits per heavy atom. The van der Waals surface area contributed by atoms with E-state index in [0.717, 1.165) is 18.9 Å². The van der Waals surface area contributed by atoms with Gasteiger partial charge in [0.1, 0.15) is 6.17 Å². The Hall–Kier alpha value is -0.870. The third-order valence-corrected chi connectivity index (χ3v) is 5.81. The van der Waals surface area contributed by atoms with E-state index < -0.39 is 0 Å². The first kappa shape index (κ1) is 15.0. The molecule has 3 nitrogen and oxygen atoms in total. The molecule has 1 saturated carbocycles. The van der Waals surface area contributed by atoms with Crippen LogP contribution in [0.1, 0.15) is 57.7 Å². The molecule has 1 aromatic rings. The third-order valence-electron chi connectivity index (χ3n) is 5.11. The van der Waals surface area contributed by atoms with Crippen LogP contribution >= 0.6 is 11.3 Å². The first-order valence-corrected chi connectivity index (χ1v) is 9.22. The van der Waals surface area contributed by atoms with Crippen LogP contribution in [0.4, 0.5) is 0 Å². The second-order valence-electron chi connectivity index (χ2n) is 6.70. The maximum atomic E-state index is 12.6. The van der Waals surface area contributed by atoms with Crippen molar-refractivity contribution in [2.75, 3.05) is 6.54 Å². The van der Waals surface area contributed by atoms with Crippen molar-refractivity contribution in [1.82, 2.24) is 10.2 Å². The molecule has 2 aliphatic rings. The highest BCUT2D eigenvalue weighted by atomic mass is 32.1. The zero-order valence-electron chi connectivity index (χ0n) is 13.0. The van der Waals surface area contributed by atoms with Gasteiger partial charge in [0, 0.05) is 6.54 Å². The topological polar surface area (TPSA) is 32.3 Å². The number of rotatable bonds is 4. The fourth-order valence-corrected chi connectivity index (χ4v) is 4.34. The van der Waals surface area contributed by atoms with E-state index in [9.17, 15) is 4.79 Å². The fourth-order valence-electron chi connectivity index (χ4n) is 3.66. The lowest BCUT2D eigenvalue weighted by molar-refractivity contribution is -0.131. The number of nitrogens with one attached hydrogen (secondary N) is 1. The zero-order valence-corrected chi connectivity index (χ0v) is 13.9. The molecule has 0 bridgehead atoms. The van der Waals surface area contributed by atoms with Crippen molar-refractivity contribution in [3.05, 3.63) is 22.4 Å². The van der Waals surface area contributed by atoms with E-state index in [4.69, 9.17) is 0 Å². The maximum Gasteiger partial charge on any atom is 0.241 e. The Morgan fingerprint density at radius 2 is 2.10 bits per heavy atom. The first-order chi connectivity index (χ1) is 10.2. The maximum absolute atomic E-state index is 12.6. The van der Waals surface area contributed by atoms with Gasteiger partial charge in [-0.1, -0.05) is 26.7 Å². The van der Waals surface area contributed by atoms with Gasteiger partial charge in [-0.3, -0.25) is 10.1 Å². The molecule has 21 heavy (non-hydrogen) atoms. The SMILES string of the molecule is CCC1NC(c2ccsc2)N(CC2CCC(C)CC2)C1=O. The fraction of sp³-hybridized carbons (Fsp3) is 0.706. The van der Waals surface area contributed by atoms with E-state index in [0.29, 0.717) is 11.8 Å². The number of carbonyl (C=O) groups excluding carboxylic acids is 1. The summed E-state index contributed by atoms with van der Waals surface area (Å²) in [5, 5.41) is 7.79. The number of thiophene rings is 1. The van der Waals surface area contributed by atoms with Crippen LogP contribution in [0.3, 0.4) is 0 Å². The van der Waals surface area contributed by atoms with E-state index in [1.807, 2.05) is 0 Å². The number of nitrogens with zero attached hydrogens (tertiary/aromatic N) is 1. The molecule has 4 heteroatoms. The molecule has 2 unspecified atom stereocenters. The van der Waals surface area contributed by atoms with E-state index in [1.165, 1.54) is 31.2 Å². The number of hydrogen-bond donors (Lipinski definition) is 1. The summed E-state index contributed by atoms with van der Waals surface area (Å²) in [6.45, 7) is 5.36. The highest BCUT2D eigenvalue weighted by Gasteiger charge is 2.39. The lowest BCUT2D eigenvalue weighted by atomic mass is 9.82. The highest BCUT2D eigenvalue weighted by Crippen LogP contribution is 2.33. The summed E-state index contributed by atoms with van der Waals surface area (Å²) in [5.41, 5.74) is 1.24. The predicted octanol–water partition coefficient (Wildman–Crippen LogP) is 3.78. The van der Waals surface area contributed by atoms with Crippen LogP contribution in [0.2, 0.25) is 0 Å². The molecule has 1 aliphatic carbocycles. The van der Waals surface area contributed by atoms with Crippen molar-refractivity contribution in [1.29, 1.82) is 0 Å². The minimum absolute atomic E-state index is 0.00239. The smallest absolute Gasteiger partial charge is 0.241 e. The van der Waals surface area contributed by atoms with Gasteiger partial charge in [0.2, 0.25) is 5.91 Å². The van der Waals surface area contributed by atoms with Crippen LogP contribution in [0, 0.1) is 11.8 Å². The van der Waals surface area contributed by atoms with Gasteiger partial charge < -0.3 is 4.90 Å². The number of hydrogen-bond acceptors (Lipinski definition) is 3. The molecule has 3 rings (SSSR count). The predicted molar refractivity (Wildman–Crippen MR) is 87.1 cm³/mol. The lowest BCUT2D eigenvalue weighted by Crippen LogP contribution is -2.36. The largest absolute Gasteiger partial charge is 0.321 e. The average molecular weight is 306 g/mol. The molecule has 1 saturated heterocycles. The minimum Gasteiger partial charge on any atom is -0.321 e. The Labute approximate surface area is 131 Å². The van der Waals surface area contributed by atoms with Crippen molar-refractivity contribution in [2.24, 2.45) is 11.8 Å². The van der Waals surface area contributed by atoms with Gasteiger partial charge in [0.15, 0.2) is 0 Å². The quantitative estimate of drug-likeness (QED) is 0.918. The second kappa shape index (κ2) is 6.49. The van der Waals surface area contributed by atoms with Crippen LogP contribution in [0.5, 0.6) is 0 Å². The van der Waals surface area contributed by atoms with Gasteiger partial charge >= 0.3 is 0 Å². The van der Waals surface area contributed by atoms with E-state index >= 15 is 0 Å². The van der Waals surface area contributed by atoms with Crippen molar-refractivity contribution in [2.45, 2.75) is 58.2 Å². The minimum atomic E-state index is -0.00239. The lowest BCUT2D eigenvalue weighted by Gasteiger charge is -2.32. The van der Waals surface area contributed by atoms with Gasteiger partial charge in [0.25, 0.3) is 0 Å². The number of carbonyl (C=O) groups is 1. The molecule has 1 aliphatic heterocycles. The van der Waals surface area contributed by atoms with E-state index in [2.05, 4.69) is 40.9 Å². The summed E-state index contributed by atoms with van der Waals surface area (Å²) >= 11 is 1.71. The van der Waals surface area contributed by atoms with Gasteiger partial charge in [-0.25, -0.2) is 0 Å². The molecule has 0 spiro atoms. The first-order valence-electron chi connectivity index (χ1n) is 8.27. The van der Waals surface area contributed by atoms with Gasteiger partial charge in [-0.05, 0) is 53.5 Å². The molecular formula is C17H26N2OS. The summed E-state index contributed by atoms with van der Waals surface area (Å²) in [7, 11) is 0. The van der Waals surface area contributed by atoms with Crippen LogP contribution in [-0.2, 0) is 4.79 Å². The molecule has 2 atom stereocenters. The van der Waals surface area contributed by atoms with Crippen LogP contribution in [0.25, 0.3) is 0 Å². The zero-order chi connectivity index (χ0) is 14.8. The highest BCUT2D eigenvalue weighted by molar-refractivity contribution is 7.07. The summed E-state index contributed by atoms with van der Waals surface area (Å²) in [5.74, 6) is 1.85. The summed E-state index contributed by atoms with van der Waals surface area (Å²) in [4.78, 5) is 14.8. The Bertz CT molecular complexity index is 465. The van der Waals surface area contributed by atoms with Crippen LogP contribution < -0.4 is 5.32 Å². The monoisotopic (exact) mass is 306 g/mol. The Kier molecular flexibility index (Phi) is 4.65. The molecule has 1 amide bonds. The Balaban J connectivity index is 1.72. The van der Waals surface area contributed by atoms with Gasteiger partial charge in [-0.15, -0.1) is 0 Å². The molecule has 0 aromatic carbocycles. The summed E-state index contributed by atoms with van der Waals surface area (Å²) in [6.07, 6.45) is 6.16. The molecule has 1 aromatic heterocycles. The number of amides is 1. The van der Waals surface area contributed by atoms with Gasteiger partial charge in [-0.2, -0.15) is 11.3 Å². The van der Waals surface area contributed by atoms with Crippen LogP contribution in [-0.4, -0.2) is 23.4 Å². The van der Waals surface area contributed by atoms with Crippen molar-refractivity contribution < 1.29 is 4.79 Å². The molecule has 116 valence electrons. The molecule has 0 radical (unpaired) electrons. The summed E-state index contributed by atoms with van der Waals surface area (Å²) in [6, 6.07) is 2.14. The van der Waals surface area contributed by atoms with Crippen molar-refractivity contribution in [3.8, 4) is 0 Å². The van der Waals surface area contributed by atoms with Crippen molar-refractivity contribution in [3.63, 3.8) is 0 Å². The normalized spacial score (nSPS) is 33.6. The van der Waals surface area contributed by atoms with E-state index in [-0.39, 0.29) is 12.2 Å². The summed E-state index contributed by atoms with van der Waals surface area (Å²) < 4.78 is 0. The standard InChI is InChI=1S/C17H26N2OS/c1-3-15-17(20)19(10-13-6-4-12(2)5-7-13)16(18-15)14-8-9-21-11-14/h8-9,11-13,15-16,18H,3-7,10H2,1-2H3. The van der Waals surface area contributed by atoms with Crippen molar-refractivity contribution >= 4 is 17.2 Å². The average Bonchev–Trinajstić information content (AvgIpc) is 3.11. The van der Waals surface area contributed by atoms with Crippen LogP contribution in [0.15, 0.2) is 16.8 Å². The van der Waals surface area contributed by atoms with Gasteiger partial charge in [0.05, 0.1) is 6.04 Å². The molecule has 2 fully saturated rings. The molecule has 1 N–H and O–H groups in total.